The molecule has 2 aromatic heterocycles. The van der Waals surface area contributed by atoms with Crippen LogP contribution in [0.15, 0.2) is 12.5 Å². The molecule has 4 amide bonds. The third kappa shape index (κ3) is 8.20. The molecule has 206 valence electrons. The molecule has 0 unspecified atom stereocenters. The first-order valence-corrected chi connectivity index (χ1v) is 11.3. The Hall–Kier alpha value is -4.64. The van der Waals surface area contributed by atoms with Gasteiger partial charge < -0.3 is 49.0 Å². The topological polar surface area (TPSA) is 300 Å². The average Bonchev–Trinajstić information content (AvgIpc) is 3.35. The summed E-state index contributed by atoms with van der Waals surface area (Å²) in [6.45, 7) is 2.59. The summed E-state index contributed by atoms with van der Waals surface area (Å²) in [5.74, 6) is -4.58. The summed E-state index contributed by atoms with van der Waals surface area (Å²) in [5, 5.41) is 16.8. The van der Waals surface area contributed by atoms with Crippen molar-refractivity contribution >= 4 is 35.4 Å². The van der Waals surface area contributed by atoms with Crippen molar-refractivity contribution in [3.63, 3.8) is 0 Å². The largest absolute Gasteiger partial charge is 0.480 e. The van der Waals surface area contributed by atoms with E-state index >= 15 is 0 Å². The fourth-order valence-corrected chi connectivity index (χ4v) is 3.18. The van der Waals surface area contributed by atoms with Crippen LogP contribution in [-0.4, -0.2) is 79.3 Å². The summed E-state index contributed by atoms with van der Waals surface area (Å²) in [6, 6.07) is -4.52. The van der Waals surface area contributed by atoms with Crippen molar-refractivity contribution < 1.29 is 29.1 Å². The maximum Gasteiger partial charge on any atom is 0.325 e. The van der Waals surface area contributed by atoms with Crippen molar-refractivity contribution in [1.82, 2.24) is 35.9 Å². The molecular formula is C21H31N11O6. The van der Waals surface area contributed by atoms with Crippen LogP contribution >= 0.6 is 0 Å². The second kappa shape index (κ2) is 13.1. The molecular weight excluding hydrogens is 502 g/mol. The molecule has 13 N–H and O–H groups in total. The maximum absolute atomic E-state index is 13.3. The van der Waals surface area contributed by atoms with Crippen molar-refractivity contribution in [3.8, 4) is 0 Å². The summed E-state index contributed by atoms with van der Waals surface area (Å²) < 4.78 is 0. The Labute approximate surface area is 216 Å². The van der Waals surface area contributed by atoms with Gasteiger partial charge in [0.2, 0.25) is 17.7 Å². The SMILES string of the molecule is Cc1c(N)nc([C@H](CC(N)=O)NC[C@H](N)C(N)=O)nc1C(=O)N[C@@H](Cc1cnc[nH]1)C(=O)N[C@@H](C)C(=O)O. The molecule has 2 aromatic rings. The van der Waals surface area contributed by atoms with Gasteiger partial charge in [-0.05, 0) is 13.8 Å². The number of H-pyrrole nitrogens is 1. The van der Waals surface area contributed by atoms with Crippen molar-refractivity contribution in [2.45, 2.75) is 50.9 Å². The summed E-state index contributed by atoms with van der Waals surface area (Å²) in [6.07, 6.45) is 2.44. The van der Waals surface area contributed by atoms with E-state index in [2.05, 4.69) is 35.9 Å². The van der Waals surface area contributed by atoms with E-state index in [4.69, 9.17) is 28.0 Å². The third-order valence-corrected chi connectivity index (χ3v) is 5.41. The van der Waals surface area contributed by atoms with Gasteiger partial charge >= 0.3 is 5.97 Å². The Kier molecular flexibility index (Phi) is 10.2. The number of carbonyl (C=O) groups excluding carboxylic acids is 4. The van der Waals surface area contributed by atoms with Crippen LogP contribution in [0.5, 0.6) is 0 Å². The number of imidazole rings is 1. The van der Waals surface area contributed by atoms with E-state index in [-0.39, 0.29) is 42.3 Å². The molecule has 0 aliphatic carbocycles. The smallest absolute Gasteiger partial charge is 0.325 e. The Bertz CT molecular complexity index is 1190. The summed E-state index contributed by atoms with van der Waals surface area (Å²) in [4.78, 5) is 75.2. The molecule has 17 heteroatoms. The summed E-state index contributed by atoms with van der Waals surface area (Å²) in [5.41, 5.74) is 22.6. The van der Waals surface area contributed by atoms with Crippen molar-refractivity contribution in [3.05, 3.63) is 35.3 Å². The number of primary amides is 2. The van der Waals surface area contributed by atoms with Crippen LogP contribution in [0, 0.1) is 6.92 Å². The van der Waals surface area contributed by atoms with E-state index in [1.807, 2.05) is 0 Å². The van der Waals surface area contributed by atoms with Crippen LogP contribution in [0.2, 0.25) is 0 Å². The maximum atomic E-state index is 13.3. The van der Waals surface area contributed by atoms with Crippen LogP contribution < -0.4 is 38.9 Å². The van der Waals surface area contributed by atoms with E-state index in [9.17, 15) is 24.0 Å². The number of nitrogen functional groups attached to an aromatic ring is 1. The van der Waals surface area contributed by atoms with Gasteiger partial charge in [0.15, 0.2) is 0 Å². The first-order valence-electron chi connectivity index (χ1n) is 11.3. The lowest BCUT2D eigenvalue weighted by atomic mass is 10.1. The molecule has 2 heterocycles. The molecule has 17 nitrogen and oxygen atoms in total. The highest BCUT2D eigenvalue weighted by Crippen LogP contribution is 2.19. The zero-order valence-corrected chi connectivity index (χ0v) is 20.7. The minimum atomic E-state index is -1.27. The zero-order chi connectivity index (χ0) is 28.6. The van der Waals surface area contributed by atoms with Crippen molar-refractivity contribution in [1.29, 1.82) is 0 Å². The van der Waals surface area contributed by atoms with Gasteiger partial charge in [0.05, 0.1) is 18.4 Å². The molecule has 0 aromatic carbocycles. The van der Waals surface area contributed by atoms with Crippen LogP contribution in [0.1, 0.15) is 47.0 Å². The standard InChI is InChI=1S/C21H31N11O6/c1-8-15(31-18(32-16(8)24)12(4-14(23)33)27-6-11(22)17(25)34)20(36)30-13(3-10-5-26-7-28-10)19(35)29-9(2)21(37)38/h5,7,9,11-13,27H,3-4,6,22H2,1-2H3,(H2,23,33)(H2,25,34)(H,26,28)(H,29,35)(H,30,36)(H,37,38)(H2,24,31,32)/t9-,11-,12-,13-/m0/s1. The minimum Gasteiger partial charge on any atom is -0.480 e. The predicted octanol–water partition coefficient (Wildman–Crippen LogP) is -3.66. The van der Waals surface area contributed by atoms with Gasteiger partial charge in [0.1, 0.15) is 29.4 Å². The molecule has 0 saturated heterocycles. The number of carbonyl (C=O) groups is 5. The number of anilines is 1. The predicted molar refractivity (Wildman–Crippen MR) is 132 cm³/mol. The van der Waals surface area contributed by atoms with Gasteiger partial charge in [-0.3, -0.25) is 24.0 Å². The molecule has 4 atom stereocenters. The Morgan fingerprint density at radius 2 is 1.82 bits per heavy atom. The highest BCUT2D eigenvalue weighted by molar-refractivity contribution is 5.98. The number of rotatable bonds is 14. The van der Waals surface area contributed by atoms with E-state index in [0.717, 1.165) is 0 Å². The molecule has 38 heavy (non-hydrogen) atoms. The number of carboxylic acid groups (broad SMARTS) is 1. The average molecular weight is 534 g/mol. The van der Waals surface area contributed by atoms with E-state index in [1.54, 1.807) is 0 Å². The summed E-state index contributed by atoms with van der Waals surface area (Å²) >= 11 is 0. The molecule has 0 spiro atoms. The lowest BCUT2D eigenvalue weighted by molar-refractivity contribution is -0.141. The molecule has 0 saturated carbocycles. The molecule has 0 bridgehead atoms. The van der Waals surface area contributed by atoms with Gasteiger partial charge in [0, 0.05) is 36.8 Å². The number of amides is 4. The second-order valence-corrected chi connectivity index (χ2v) is 8.46. The number of aromatic nitrogens is 4. The molecule has 0 radical (unpaired) electrons. The lowest BCUT2D eigenvalue weighted by Gasteiger charge is -2.21. The Balaban J connectivity index is 2.37. The molecule has 0 fully saturated rings. The number of aliphatic carboxylic acids is 1. The van der Waals surface area contributed by atoms with Gasteiger partial charge in [-0.25, -0.2) is 15.0 Å². The quantitative estimate of drug-likeness (QED) is 0.113. The van der Waals surface area contributed by atoms with Gasteiger partial charge in [-0.1, -0.05) is 0 Å². The van der Waals surface area contributed by atoms with Crippen LogP contribution in [-0.2, 0) is 25.6 Å². The second-order valence-electron chi connectivity index (χ2n) is 8.46. The number of carboxylic acids is 1. The van der Waals surface area contributed by atoms with Crippen LogP contribution in [0.4, 0.5) is 5.82 Å². The number of aromatic amines is 1. The Morgan fingerprint density at radius 3 is 2.37 bits per heavy atom. The van der Waals surface area contributed by atoms with Gasteiger partial charge in [-0.2, -0.15) is 0 Å². The van der Waals surface area contributed by atoms with Gasteiger partial charge in [0.25, 0.3) is 5.91 Å². The van der Waals surface area contributed by atoms with Crippen molar-refractivity contribution in [2.75, 3.05) is 12.3 Å². The van der Waals surface area contributed by atoms with Crippen LogP contribution in [0.25, 0.3) is 0 Å². The Morgan fingerprint density at radius 1 is 1.13 bits per heavy atom. The highest BCUT2D eigenvalue weighted by Gasteiger charge is 2.28. The lowest BCUT2D eigenvalue weighted by Crippen LogP contribution is -2.52. The van der Waals surface area contributed by atoms with Gasteiger partial charge in [-0.15, -0.1) is 0 Å². The zero-order valence-electron chi connectivity index (χ0n) is 20.7. The number of hydrogen-bond acceptors (Lipinski definition) is 11. The number of nitrogens with two attached hydrogens (primary N) is 4. The molecule has 2 rings (SSSR count). The number of hydrogen-bond donors (Lipinski definition) is 9. The van der Waals surface area contributed by atoms with E-state index in [1.165, 1.54) is 26.4 Å². The number of nitrogens with one attached hydrogen (secondary N) is 4. The van der Waals surface area contributed by atoms with E-state index in [0.29, 0.717) is 5.69 Å². The van der Waals surface area contributed by atoms with E-state index < -0.39 is 53.8 Å². The highest BCUT2D eigenvalue weighted by atomic mass is 16.4. The monoisotopic (exact) mass is 533 g/mol. The number of nitrogens with zero attached hydrogens (tertiary/aromatic N) is 3. The summed E-state index contributed by atoms with van der Waals surface area (Å²) in [7, 11) is 0. The normalized spacial score (nSPS) is 14.1. The third-order valence-electron chi connectivity index (χ3n) is 5.41. The van der Waals surface area contributed by atoms with Crippen molar-refractivity contribution in [2.24, 2.45) is 17.2 Å². The first-order chi connectivity index (χ1) is 17.8. The molecule has 0 aliphatic rings. The fourth-order valence-electron chi connectivity index (χ4n) is 3.18. The molecule has 0 aliphatic heterocycles. The fraction of sp³-hybridized carbons (Fsp3) is 0.429. The van der Waals surface area contributed by atoms with Crippen LogP contribution in [0.3, 0.4) is 0 Å². The minimum absolute atomic E-state index is 0.0484. The first kappa shape index (κ1) is 29.6.